The number of nitrogens with zero attached hydrogens (tertiary/aromatic N) is 2. The zero-order chi connectivity index (χ0) is 16.4. The number of aromatic amines is 1. The molecule has 2 heterocycles. The first-order valence-corrected chi connectivity index (χ1v) is 7.85. The smallest absolute Gasteiger partial charge is 0.255 e. The maximum absolute atomic E-state index is 12.3. The van der Waals surface area contributed by atoms with Crippen LogP contribution in [0.1, 0.15) is 22.5 Å². The van der Waals surface area contributed by atoms with Gasteiger partial charge in [0.15, 0.2) is 0 Å². The summed E-state index contributed by atoms with van der Waals surface area (Å²) in [6, 6.07) is 5.64. The quantitative estimate of drug-likeness (QED) is 0.900. The molecular weight excluding hydrogens is 316 g/mol. The van der Waals surface area contributed by atoms with E-state index in [0.29, 0.717) is 10.6 Å². The van der Waals surface area contributed by atoms with Gasteiger partial charge in [0, 0.05) is 29.8 Å². The predicted molar refractivity (Wildman–Crippen MR) is 89.4 cm³/mol. The number of halogens is 1. The number of hydrogen-bond donors (Lipinski definition) is 2. The molecule has 1 unspecified atom stereocenters. The molecule has 0 bridgehead atoms. The maximum Gasteiger partial charge on any atom is 0.255 e. The molecule has 1 aromatic carbocycles. The standard InChI is InChI=1S/C16H19ClN4O2/c1-10-13(8-18-20-10)16(22)19-12-5-6-21(9-12)14-7-11(17)3-4-15(14)23-2/h3-4,7-8,12H,5-6,9H2,1-2H3,(H,18,20)(H,19,22). The van der Waals surface area contributed by atoms with E-state index in [0.717, 1.165) is 36.6 Å². The van der Waals surface area contributed by atoms with Crippen LogP contribution in [0.5, 0.6) is 5.75 Å². The Kier molecular flexibility index (Phi) is 4.43. The number of aromatic nitrogens is 2. The minimum atomic E-state index is -0.0961. The van der Waals surface area contributed by atoms with Gasteiger partial charge in [-0.1, -0.05) is 11.6 Å². The fourth-order valence-corrected chi connectivity index (χ4v) is 3.02. The highest BCUT2D eigenvalue weighted by Gasteiger charge is 2.27. The third-order valence-electron chi connectivity index (χ3n) is 4.08. The van der Waals surface area contributed by atoms with Gasteiger partial charge in [-0.15, -0.1) is 0 Å². The third kappa shape index (κ3) is 3.27. The molecule has 3 rings (SSSR count). The Morgan fingerprint density at radius 3 is 3.04 bits per heavy atom. The number of hydrogen-bond acceptors (Lipinski definition) is 4. The van der Waals surface area contributed by atoms with Crippen molar-refractivity contribution in [1.29, 1.82) is 0 Å². The molecule has 2 N–H and O–H groups in total. The SMILES string of the molecule is COc1ccc(Cl)cc1N1CCC(NC(=O)c2cn[nH]c2C)C1. The van der Waals surface area contributed by atoms with E-state index in [2.05, 4.69) is 20.4 Å². The lowest BCUT2D eigenvalue weighted by atomic mass is 10.2. The van der Waals surface area contributed by atoms with Gasteiger partial charge >= 0.3 is 0 Å². The highest BCUT2D eigenvalue weighted by Crippen LogP contribution is 2.33. The van der Waals surface area contributed by atoms with Crippen LogP contribution in [0.25, 0.3) is 0 Å². The Balaban J connectivity index is 1.68. The maximum atomic E-state index is 12.3. The highest BCUT2D eigenvalue weighted by atomic mass is 35.5. The molecule has 1 saturated heterocycles. The van der Waals surface area contributed by atoms with Crippen LogP contribution in [0.3, 0.4) is 0 Å². The number of ether oxygens (including phenoxy) is 1. The molecule has 1 fully saturated rings. The molecule has 23 heavy (non-hydrogen) atoms. The molecule has 1 aliphatic heterocycles. The second-order valence-electron chi connectivity index (χ2n) is 5.63. The summed E-state index contributed by atoms with van der Waals surface area (Å²) in [6.07, 6.45) is 2.43. The van der Waals surface area contributed by atoms with Crippen LogP contribution < -0.4 is 15.0 Å². The molecule has 122 valence electrons. The first kappa shape index (κ1) is 15.7. The number of H-pyrrole nitrogens is 1. The van der Waals surface area contributed by atoms with E-state index < -0.39 is 0 Å². The first-order valence-electron chi connectivity index (χ1n) is 7.48. The van der Waals surface area contributed by atoms with Gasteiger partial charge in [0.1, 0.15) is 5.75 Å². The Morgan fingerprint density at radius 2 is 2.35 bits per heavy atom. The van der Waals surface area contributed by atoms with Crippen molar-refractivity contribution in [2.75, 3.05) is 25.1 Å². The van der Waals surface area contributed by atoms with Crippen LogP contribution in [0.15, 0.2) is 24.4 Å². The second-order valence-corrected chi connectivity index (χ2v) is 6.07. The van der Waals surface area contributed by atoms with Crippen molar-refractivity contribution in [2.45, 2.75) is 19.4 Å². The summed E-state index contributed by atoms with van der Waals surface area (Å²) in [7, 11) is 1.64. The fraction of sp³-hybridized carbons (Fsp3) is 0.375. The van der Waals surface area contributed by atoms with Crippen molar-refractivity contribution >= 4 is 23.2 Å². The average molecular weight is 335 g/mol. The van der Waals surface area contributed by atoms with Gasteiger partial charge in [-0.3, -0.25) is 9.89 Å². The Morgan fingerprint density at radius 1 is 1.52 bits per heavy atom. The van der Waals surface area contributed by atoms with Gasteiger partial charge in [-0.2, -0.15) is 5.10 Å². The van der Waals surface area contributed by atoms with E-state index in [4.69, 9.17) is 16.3 Å². The molecule has 0 aliphatic carbocycles. The minimum absolute atomic E-state index is 0.0838. The van der Waals surface area contributed by atoms with Gasteiger partial charge in [-0.05, 0) is 31.5 Å². The van der Waals surface area contributed by atoms with E-state index in [1.54, 1.807) is 19.4 Å². The summed E-state index contributed by atoms with van der Waals surface area (Å²) < 4.78 is 5.40. The zero-order valence-corrected chi connectivity index (χ0v) is 13.9. The first-order chi connectivity index (χ1) is 11.1. The molecule has 1 atom stereocenters. The molecule has 6 nitrogen and oxygen atoms in total. The van der Waals surface area contributed by atoms with E-state index in [1.165, 1.54) is 0 Å². The summed E-state index contributed by atoms with van der Waals surface area (Å²) >= 11 is 6.10. The van der Waals surface area contributed by atoms with Gasteiger partial charge in [0.25, 0.3) is 5.91 Å². The number of nitrogens with one attached hydrogen (secondary N) is 2. The largest absolute Gasteiger partial charge is 0.495 e. The number of benzene rings is 1. The van der Waals surface area contributed by atoms with Crippen molar-refractivity contribution < 1.29 is 9.53 Å². The summed E-state index contributed by atoms with van der Waals surface area (Å²) in [4.78, 5) is 14.4. The molecule has 0 radical (unpaired) electrons. The van der Waals surface area contributed by atoms with E-state index in [1.807, 2.05) is 19.1 Å². The van der Waals surface area contributed by atoms with Crippen molar-refractivity contribution in [3.8, 4) is 5.75 Å². The zero-order valence-electron chi connectivity index (χ0n) is 13.1. The van der Waals surface area contributed by atoms with Crippen LogP contribution in [0, 0.1) is 6.92 Å². The van der Waals surface area contributed by atoms with Gasteiger partial charge < -0.3 is 15.0 Å². The van der Waals surface area contributed by atoms with Crippen molar-refractivity contribution in [3.05, 3.63) is 40.7 Å². The molecule has 1 aromatic heterocycles. The number of anilines is 1. The second kappa shape index (κ2) is 6.50. The highest BCUT2D eigenvalue weighted by molar-refractivity contribution is 6.30. The van der Waals surface area contributed by atoms with Gasteiger partial charge in [0.05, 0.1) is 24.6 Å². The molecule has 2 aromatic rings. The normalized spacial score (nSPS) is 17.3. The third-order valence-corrected chi connectivity index (χ3v) is 4.31. The van der Waals surface area contributed by atoms with Crippen LogP contribution >= 0.6 is 11.6 Å². The van der Waals surface area contributed by atoms with Gasteiger partial charge in [-0.25, -0.2) is 0 Å². The van der Waals surface area contributed by atoms with Crippen LogP contribution in [0.4, 0.5) is 5.69 Å². The molecular formula is C16H19ClN4O2. The van der Waals surface area contributed by atoms with Crippen LogP contribution in [0.2, 0.25) is 5.02 Å². The van der Waals surface area contributed by atoms with E-state index in [-0.39, 0.29) is 11.9 Å². The molecule has 1 aliphatic rings. The fourth-order valence-electron chi connectivity index (χ4n) is 2.85. The lowest BCUT2D eigenvalue weighted by Gasteiger charge is -2.21. The number of carbonyl (C=O) groups excluding carboxylic acids is 1. The number of methoxy groups -OCH3 is 1. The van der Waals surface area contributed by atoms with Crippen LogP contribution in [-0.2, 0) is 0 Å². The Labute approximate surface area is 139 Å². The summed E-state index contributed by atoms with van der Waals surface area (Å²) in [6.45, 7) is 3.39. The monoisotopic (exact) mass is 334 g/mol. The Hall–Kier alpha value is -2.21. The number of carbonyl (C=O) groups is 1. The van der Waals surface area contributed by atoms with Crippen molar-refractivity contribution in [3.63, 3.8) is 0 Å². The van der Waals surface area contributed by atoms with Crippen LogP contribution in [-0.4, -0.2) is 42.3 Å². The number of amides is 1. The topological polar surface area (TPSA) is 70.2 Å². The molecule has 1 amide bonds. The molecule has 0 spiro atoms. The van der Waals surface area contributed by atoms with E-state index in [9.17, 15) is 4.79 Å². The summed E-state index contributed by atoms with van der Waals surface area (Å²) in [5, 5.41) is 10.4. The minimum Gasteiger partial charge on any atom is -0.495 e. The van der Waals surface area contributed by atoms with Gasteiger partial charge in [0.2, 0.25) is 0 Å². The number of aryl methyl sites for hydroxylation is 1. The lowest BCUT2D eigenvalue weighted by Crippen LogP contribution is -2.37. The molecule has 0 saturated carbocycles. The van der Waals surface area contributed by atoms with Crippen molar-refractivity contribution in [1.82, 2.24) is 15.5 Å². The molecule has 7 heteroatoms. The lowest BCUT2D eigenvalue weighted by molar-refractivity contribution is 0.0940. The predicted octanol–water partition coefficient (Wildman–Crippen LogP) is 2.39. The summed E-state index contributed by atoms with van der Waals surface area (Å²) in [5.41, 5.74) is 2.31. The Bertz CT molecular complexity index is 716. The van der Waals surface area contributed by atoms with E-state index >= 15 is 0 Å². The summed E-state index contributed by atoms with van der Waals surface area (Å²) in [5.74, 6) is 0.688. The number of rotatable bonds is 4. The van der Waals surface area contributed by atoms with Crippen molar-refractivity contribution in [2.24, 2.45) is 0 Å². The average Bonchev–Trinajstić information content (AvgIpc) is 3.16.